The predicted molar refractivity (Wildman–Crippen MR) is 50.3 cm³/mol. The number of rotatable bonds is 2. The maximum Gasteiger partial charge on any atom is 0.133 e. The van der Waals surface area contributed by atoms with E-state index in [0.29, 0.717) is 11.7 Å². The molecule has 2 nitrogen and oxygen atoms in total. The summed E-state index contributed by atoms with van der Waals surface area (Å²) in [5.41, 5.74) is 1.25. The molecule has 0 aromatic carbocycles. The van der Waals surface area contributed by atoms with Crippen LogP contribution in [0.4, 0.5) is 0 Å². The van der Waals surface area contributed by atoms with Gasteiger partial charge >= 0.3 is 0 Å². The Kier molecular flexibility index (Phi) is 2.39. The number of hydrogen-bond acceptors (Lipinski definition) is 2. The zero-order valence-electron chi connectivity index (χ0n) is 7.57. The van der Waals surface area contributed by atoms with Crippen molar-refractivity contribution >= 4 is 5.78 Å². The molecule has 0 amide bonds. The molecule has 0 bridgehead atoms. The molecule has 1 saturated carbocycles. The first-order valence-corrected chi connectivity index (χ1v) is 4.75. The average molecular weight is 175 g/mol. The molecule has 1 unspecified atom stereocenters. The molecule has 1 aromatic heterocycles. The number of carbonyl (C=O) groups excluding carboxylic acids is 1. The van der Waals surface area contributed by atoms with Gasteiger partial charge < -0.3 is 0 Å². The van der Waals surface area contributed by atoms with Crippen molar-refractivity contribution in [2.45, 2.75) is 25.7 Å². The summed E-state index contributed by atoms with van der Waals surface area (Å²) in [6, 6.07) is 4.03. The van der Waals surface area contributed by atoms with Crippen molar-refractivity contribution in [3.8, 4) is 0 Å². The van der Waals surface area contributed by atoms with Gasteiger partial charge in [-0.15, -0.1) is 0 Å². The first-order chi connectivity index (χ1) is 6.34. The van der Waals surface area contributed by atoms with Crippen molar-refractivity contribution in [2.75, 3.05) is 0 Å². The summed E-state index contributed by atoms with van der Waals surface area (Å²) in [7, 11) is 0. The molecular formula is C11H13NO. The summed E-state index contributed by atoms with van der Waals surface area (Å²) in [6.07, 6.45) is 7.30. The highest BCUT2D eigenvalue weighted by Gasteiger charge is 2.21. The first kappa shape index (κ1) is 8.42. The van der Waals surface area contributed by atoms with Gasteiger partial charge in [0.1, 0.15) is 5.78 Å². The average Bonchev–Trinajstić information content (AvgIpc) is 2.53. The van der Waals surface area contributed by atoms with Crippen LogP contribution in [0.3, 0.4) is 0 Å². The second-order valence-electron chi connectivity index (χ2n) is 3.71. The van der Waals surface area contributed by atoms with Crippen LogP contribution in [0.1, 0.15) is 24.8 Å². The molecule has 1 aliphatic rings. The Morgan fingerprint density at radius 3 is 3.08 bits per heavy atom. The SMILES string of the molecule is O=C1CCC(Cc2cccnc2)C1. The molecule has 0 saturated heterocycles. The van der Waals surface area contributed by atoms with Gasteiger partial charge in [-0.05, 0) is 30.4 Å². The van der Waals surface area contributed by atoms with E-state index in [4.69, 9.17) is 0 Å². The van der Waals surface area contributed by atoms with Crippen LogP contribution in [0, 0.1) is 5.92 Å². The Hall–Kier alpha value is -1.18. The largest absolute Gasteiger partial charge is 0.300 e. The monoisotopic (exact) mass is 175 g/mol. The molecule has 2 rings (SSSR count). The molecule has 68 valence electrons. The summed E-state index contributed by atoms with van der Waals surface area (Å²) in [4.78, 5) is 15.1. The zero-order valence-corrected chi connectivity index (χ0v) is 7.57. The molecule has 13 heavy (non-hydrogen) atoms. The molecule has 0 N–H and O–H groups in total. The minimum Gasteiger partial charge on any atom is -0.300 e. The van der Waals surface area contributed by atoms with E-state index in [0.717, 1.165) is 25.7 Å². The predicted octanol–water partition coefficient (Wildman–Crippen LogP) is 1.99. The Morgan fingerprint density at radius 2 is 2.46 bits per heavy atom. The number of ketones is 1. The second-order valence-corrected chi connectivity index (χ2v) is 3.71. The maximum absolute atomic E-state index is 11.0. The molecule has 1 atom stereocenters. The Bertz CT molecular complexity index is 294. The van der Waals surface area contributed by atoms with E-state index in [1.54, 1.807) is 6.20 Å². The third kappa shape index (κ3) is 2.14. The number of nitrogens with zero attached hydrogens (tertiary/aromatic N) is 1. The molecule has 0 radical (unpaired) electrons. The third-order valence-electron chi connectivity index (χ3n) is 2.59. The van der Waals surface area contributed by atoms with Crippen molar-refractivity contribution in [2.24, 2.45) is 5.92 Å². The van der Waals surface area contributed by atoms with Crippen LogP contribution >= 0.6 is 0 Å². The van der Waals surface area contributed by atoms with Gasteiger partial charge in [-0.1, -0.05) is 6.07 Å². The lowest BCUT2D eigenvalue weighted by molar-refractivity contribution is -0.117. The standard InChI is InChI=1S/C11H13NO/c13-11-4-3-9(7-11)6-10-2-1-5-12-8-10/h1-2,5,8-9H,3-4,6-7H2. The number of carbonyl (C=O) groups is 1. The highest BCUT2D eigenvalue weighted by molar-refractivity contribution is 5.80. The molecule has 0 spiro atoms. The summed E-state index contributed by atoms with van der Waals surface area (Å²) >= 11 is 0. The van der Waals surface area contributed by atoms with Crippen LogP contribution in [0.5, 0.6) is 0 Å². The van der Waals surface area contributed by atoms with Crippen molar-refractivity contribution in [1.29, 1.82) is 0 Å². The van der Waals surface area contributed by atoms with Crippen molar-refractivity contribution in [3.63, 3.8) is 0 Å². The number of aromatic nitrogens is 1. The first-order valence-electron chi connectivity index (χ1n) is 4.75. The van der Waals surface area contributed by atoms with Gasteiger partial charge in [-0.25, -0.2) is 0 Å². The molecule has 1 aliphatic carbocycles. The molecule has 1 heterocycles. The van der Waals surface area contributed by atoms with Gasteiger partial charge in [0.05, 0.1) is 0 Å². The van der Waals surface area contributed by atoms with Crippen LogP contribution in [-0.4, -0.2) is 10.8 Å². The second kappa shape index (κ2) is 3.69. The lowest BCUT2D eigenvalue weighted by atomic mass is 9.99. The summed E-state index contributed by atoms with van der Waals surface area (Å²) in [5, 5.41) is 0. The van der Waals surface area contributed by atoms with Crippen LogP contribution in [0.15, 0.2) is 24.5 Å². The highest BCUT2D eigenvalue weighted by Crippen LogP contribution is 2.25. The maximum atomic E-state index is 11.0. The normalized spacial score (nSPS) is 22.2. The summed E-state index contributed by atoms with van der Waals surface area (Å²) < 4.78 is 0. The Balaban J connectivity index is 1.96. The van der Waals surface area contributed by atoms with Gasteiger partial charge in [0.15, 0.2) is 0 Å². The summed E-state index contributed by atoms with van der Waals surface area (Å²) in [5.74, 6) is 0.991. The van der Waals surface area contributed by atoms with Crippen LogP contribution < -0.4 is 0 Å². The molecule has 1 aromatic rings. The van der Waals surface area contributed by atoms with E-state index < -0.39 is 0 Å². The van der Waals surface area contributed by atoms with E-state index in [-0.39, 0.29) is 0 Å². The Morgan fingerprint density at radius 1 is 1.54 bits per heavy atom. The molecular weight excluding hydrogens is 162 g/mol. The van der Waals surface area contributed by atoms with Crippen molar-refractivity contribution < 1.29 is 4.79 Å². The number of hydrogen-bond donors (Lipinski definition) is 0. The van der Waals surface area contributed by atoms with Crippen LogP contribution in [-0.2, 0) is 11.2 Å². The van der Waals surface area contributed by atoms with Gasteiger partial charge in [0.2, 0.25) is 0 Å². The van der Waals surface area contributed by atoms with Crippen molar-refractivity contribution in [1.82, 2.24) is 4.98 Å². The van der Waals surface area contributed by atoms with E-state index in [1.165, 1.54) is 5.56 Å². The lowest BCUT2D eigenvalue weighted by Crippen LogP contribution is -2.00. The topological polar surface area (TPSA) is 30.0 Å². The Labute approximate surface area is 78.0 Å². The van der Waals surface area contributed by atoms with E-state index in [9.17, 15) is 4.79 Å². The van der Waals surface area contributed by atoms with E-state index >= 15 is 0 Å². The van der Waals surface area contributed by atoms with Gasteiger partial charge in [0.25, 0.3) is 0 Å². The minimum atomic E-state index is 0.425. The summed E-state index contributed by atoms with van der Waals surface area (Å²) in [6.45, 7) is 0. The van der Waals surface area contributed by atoms with Crippen LogP contribution in [0.2, 0.25) is 0 Å². The molecule has 2 heteroatoms. The van der Waals surface area contributed by atoms with E-state index in [2.05, 4.69) is 11.1 Å². The fourth-order valence-corrected chi connectivity index (χ4v) is 1.92. The third-order valence-corrected chi connectivity index (χ3v) is 2.59. The smallest absolute Gasteiger partial charge is 0.133 e. The van der Waals surface area contributed by atoms with Gasteiger partial charge in [-0.3, -0.25) is 9.78 Å². The quantitative estimate of drug-likeness (QED) is 0.688. The highest BCUT2D eigenvalue weighted by atomic mass is 16.1. The van der Waals surface area contributed by atoms with Gasteiger partial charge in [-0.2, -0.15) is 0 Å². The molecule has 0 aliphatic heterocycles. The minimum absolute atomic E-state index is 0.425. The van der Waals surface area contributed by atoms with Crippen LogP contribution in [0.25, 0.3) is 0 Å². The van der Waals surface area contributed by atoms with Gasteiger partial charge in [0, 0.05) is 25.2 Å². The fourth-order valence-electron chi connectivity index (χ4n) is 1.92. The molecule has 1 fully saturated rings. The number of Topliss-reactive ketones (excluding diaryl/α,β-unsaturated/α-hetero) is 1. The number of pyridine rings is 1. The fraction of sp³-hybridized carbons (Fsp3) is 0.455. The van der Waals surface area contributed by atoms with E-state index in [1.807, 2.05) is 12.3 Å². The van der Waals surface area contributed by atoms with Crippen molar-refractivity contribution in [3.05, 3.63) is 30.1 Å². The lowest BCUT2D eigenvalue weighted by Gasteiger charge is -2.06. The zero-order chi connectivity index (χ0) is 9.10.